The summed E-state index contributed by atoms with van der Waals surface area (Å²) in [6.07, 6.45) is 0. The summed E-state index contributed by atoms with van der Waals surface area (Å²) < 4.78 is 12.1. The van der Waals surface area contributed by atoms with Crippen molar-refractivity contribution >= 4 is 15.9 Å². The molecule has 0 bridgehead atoms. The van der Waals surface area contributed by atoms with E-state index in [0.29, 0.717) is 13.2 Å². The Labute approximate surface area is 127 Å². The fourth-order valence-electron chi connectivity index (χ4n) is 1.96. The predicted octanol–water partition coefficient (Wildman–Crippen LogP) is 3.80. The summed E-state index contributed by atoms with van der Waals surface area (Å²) in [4.78, 5) is 0. The van der Waals surface area contributed by atoms with Gasteiger partial charge in [0.25, 0.3) is 0 Å². The third-order valence-electron chi connectivity index (χ3n) is 3.05. The van der Waals surface area contributed by atoms with E-state index < -0.39 is 0 Å². The van der Waals surface area contributed by atoms with Crippen LogP contribution in [0.2, 0.25) is 0 Å². The van der Waals surface area contributed by atoms with Crippen LogP contribution in [0.1, 0.15) is 16.7 Å². The van der Waals surface area contributed by atoms with Crippen LogP contribution in [0.3, 0.4) is 0 Å². The average molecular weight is 336 g/mol. The van der Waals surface area contributed by atoms with Crippen molar-refractivity contribution in [3.05, 3.63) is 57.6 Å². The van der Waals surface area contributed by atoms with Crippen LogP contribution in [0, 0.1) is 6.92 Å². The number of benzene rings is 2. The molecule has 2 N–H and O–H groups in total. The quantitative estimate of drug-likeness (QED) is 0.903. The van der Waals surface area contributed by atoms with E-state index in [9.17, 15) is 0 Å². The van der Waals surface area contributed by atoms with Gasteiger partial charge >= 0.3 is 0 Å². The molecule has 0 saturated carbocycles. The number of hydrogen-bond acceptors (Lipinski definition) is 3. The molecule has 0 atom stereocenters. The summed E-state index contributed by atoms with van der Waals surface area (Å²) in [6, 6.07) is 11.9. The van der Waals surface area contributed by atoms with Crippen LogP contribution in [0.15, 0.2) is 40.9 Å². The van der Waals surface area contributed by atoms with E-state index in [2.05, 4.69) is 28.9 Å². The fraction of sp³-hybridized carbons (Fsp3) is 0.250. The highest BCUT2D eigenvalue weighted by molar-refractivity contribution is 9.10. The molecule has 0 amide bonds. The van der Waals surface area contributed by atoms with Crippen molar-refractivity contribution in [2.24, 2.45) is 5.73 Å². The van der Waals surface area contributed by atoms with Gasteiger partial charge in [0.15, 0.2) is 0 Å². The first-order valence-corrected chi connectivity index (χ1v) is 7.18. The maximum Gasteiger partial charge on any atom is 0.134 e. The van der Waals surface area contributed by atoms with E-state index in [1.54, 1.807) is 7.11 Å². The lowest BCUT2D eigenvalue weighted by atomic mass is 10.1. The van der Waals surface area contributed by atoms with Crippen molar-refractivity contribution in [1.82, 2.24) is 0 Å². The second-order valence-electron chi connectivity index (χ2n) is 4.57. The van der Waals surface area contributed by atoms with Gasteiger partial charge in [0.2, 0.25) is 0 Å². The molecule has 0 radical (unpaired) electrons. The number of halogens is 1. The minimum atomic E-state index is 0.464. The van der Waals surface area contributed by atoms with Crippen molar-refractivity contribution in [2.75, 3.05) is 7.11 Å². The number of rotatable bonds is 5. The van der Waals surface area contributed by atoms with Gasteiger partial charge in [0, 0.05) is 12.1 Å². The van der Waals surface area contributed by atoms with E-state index >= 15 is 0 Å². The number of nitrogens with two attached hydrogens (primary N) is 1. The molecule has 0 heterocycles. The maximum absolute atomic E-state index is 5.85. The molecule has 4 heteroatoms. The molecule has 0 fully saturated rings. The largest absolute Gasteiger partial charge is 0.496 e. The van der Waals surface area contributed by atoms with Crippen LogP contribution in [0.4, 0.5) is 0 Å². The van der Waals surface area contributed by atoms with Crippen molar-refractivity contribution in [1.29, 1.82) is 0 Å². The molecule has 2 aromatic carbocycles. The Balaban J connectivity index is 2.14. The van der Waals surface area contributed by atoms with Gasteiger partial charge < -0.3 is 15.2 Å². The van der Waals surface area contributed by atoms with E-state index in [1.165, 1.54) is 5.56 Å². The molecule has 0 aliphatic rings. The van der Waals surface area contributed by atoms with E-state index in [1.807, 2.05) is 30.3 Å². The van der Waals surface area contributed by atoms with Gasteiger partial charge in [-0.3, -0.25) is 0 Å². The summed E-state index contributed by atoms with van der Waals surface area (Å²) in [5.41, 5.74) is 8.89. The number of methoxy groups -OCH3 is 1. The molecule has 0 spiro atoms. The standard InChI is InChI=1S/C16H18BrNO2/c1-11-3-5-15(19-2)13(7-11)10-20-16-6-4-12(9-18)8-14(16)17/h3-8H,9-10,18H2,1-2H3. The van der Waals surface area contributed by atoms with Crippen molar-refractivity contribution in [3.8, 4) is 11.5 Å². The third kappa shape index (κ3) is 3.52. The van der Waals surface area contributed by atoms with Crippen LogP contribution in [-0.2, 0) is 13.2 Å². The van der Waals surface area contributed by atoms with Crippen LogP contribution in [0.5, 0.6) is 11.5 Å². The average Bonchev–Trinajstić information content (AvgIpc) is 2.46. The minimum Gasteiger partial charge on any atom is -0.496 e. The number of hydrogen-bond donors (Lipinski definition) is 1. The third-order valence-corrected chi connectivity index (χ3v) is 3.67. The summed E-state index contributed by atoms with van der Waals surface area (Å²) >= 11 is 3.50. The molecule has 0 saturated heterocycles. The van der Waals surface area contributed by atoms with Gasteiger partial charge in [0.1, 0.15) is 18.1 Å². The lowest BCUT2D eigenvalue weighted by Crippen LogP contribution is -2.01. The van der Waals surface area contributed by atoms with Gasteiger partial charge in [-0.05, 0) is 52.7 Å². The van der Waals surface area contributed by atoms with E-state index in [4.69, 9.17) is 15.2 Å². The van der Waals surface area contributed by atoms with Crippen LogP contribution >= 0.6 is 15.9 Å². The summed E-state index contributed by atoms with van der Waals surface area (Å²) in [6.45, 7) is 3.03. The highest BCUT2D eigenvalue weighted by Gasteiger charge is 2.07. The molecule has 0 aromatic heterocycles. The Kier molecular flexibility index (Phi) is 5.04. The smallest absolute Gasteiger partial charge is 0.134 e. The molecule has 3 nitrogen and oxygen atoms in total. The highest BCUT2D eigenvalue weighted by Crippen LogP contribution is 2.28. The van der Waals surface area contributed by atoms with Gasteiger partial charge in [-0.25, -0.2) is 0 Å². The highest BCUT2D eigenvalue weighted by atomic mass is 79.9. The first-order chi connectivity index (χ1) is 9.63. The molecule has 2 rings (SSSR count). The van der Waals surface area contributed by atoms with Gasteiger partial charge in [-0.1, -0.05) is 17.7 Å². The Morgan fingerprint density at radius 3 is 2.50 bits per heavy atom. The molecule has 2 aromatic rings. The van der Waals surface area contributed by atoms with Crippen molar-refractivity contribution in [3.63, 3.8) is 0 Å². The molecule has 0 unspecified atom stereocenters. The SMILES string of the molecule is COc1ccc(C)cc1COc1ccc(CN)cc1Br. The summed E-state index contributed by atoms with van der Waals surface area (Å²) in [5.74, 6) is 1.64. The second-order valence-corrected chi connectivity index (χ2v) is 5.43. The first-order valence-electron chi connectivity index (χ1n) is 6.39. The number of ether oxygens (including phenoxy) is 2. The van der Waals surface area contributed by atoms with Crippen molar-refractivity contribution in [2.45, 2.75) is 20.1 Å². The van der Waals surface area contributed by atoms with E-state index in [0.717, 1.165) is 27.1 Å². The van der Waals surface area contributed by atoms with Crippen LogP contribution in [0.25, 0.3) is 0 Å². The van der Waals surface area contributed by atoms with Crippen LogP contribution < -0.4 is 15.2 Å². The summed E-state index contributed by atoms with van der Waals surface area (Å²) in [5, 5.41) is 0. The minimum absolute atomic E-state index is 0.464. The zero-order chi connectivity index (χ0) is 14.5. The van der Waals surface area contributed by atoms with Crippen molar-refractivity contribution < 1.29 is 9.47 Å². The molecule has 0 aliphatic carbocycles. The topological polar surface area (TPSA) is 44.5 Å². The second kappa shape index (κ2) is 6.77. The number of aryl methyl sites for hydroxylation is 1. The van der Waals surface area contributed by atoms with Crippen LogP contribution in [-0.4, -0.2) is 7.11 Å². The zero-order valence-corrected chi connectivity index (χ0v) is 13.2. The Morgan fingerprint density at radius 2 is 1.85 bits per heavy atom. The lowest BCUT2D eigenvalue weighted by molar-refractivity contribution is 0.295. The Hall–Kier alpha value is -1.52. The Morgan fingerprint density at radius 1 is 1.10 bits per heavy atom. The zero-order valence-electron chi connectivity index (χ0n) is 11.7. The fourth-order valence-corrected chi connectivity index (χ4v) is 2.50. The van der Waals surface area contributed by atoms with E-state index in [-0.39, 0.29) is 0 Å². The molecular formula is C16H18BrNO2. The lowest BCUT2D eigenvalue weighted by Gasteiger charge is -2.12. The van der Waals surface area contributed by atoms with Gasteiger partial charge in [0.05, 0.1) is 11.6 Å². The predicted molar refractivity (Wildman–Crippen MR) is 84.1 cm³/mol. The maximum atomic E-state index is 5.85. The first kappa shape index (κ1) is 14.9. The summed E-state index contributed by atoms with van der Waals surface area (Å²) in [7, 11) is 1.67. The molecule has 0 aliphatic heterocycles. The monoisotopic (exact) mass is 335 g/mol. The molecule has 20 heavy (non-hydrogen) atoms. The molecule has 106 valence electrons. The normalized spacial score (nSPS) is 10.4. The van der Waals surface area contributed by atoms with Gasteiger partial charge in [-0.15, -0.1) is 0 Å². The molecular weight excluding hydrogens is 318 g/mol. The Bertz CT molecular complexity index is 599. The van der Waals surface area contributed by atoms with Gasteiger partial charge in [-0.2, -0.15) is 0 Å².